The quantitative estimate of drug-likeness (QED) is 0.641. The van der Waals surface area contributed by atoms with Gasteiger partial charge in [0.25, 0.3) is 0 Å². The van der Waals surface area contributed by atoms with Crippen LogP contribution >= 0.6 is 0 Å². The van der Waals surface area contributed by atoms with Gasteiger partial charge in [0.15, 0.2) is 0 Å². The second kappa shape index (κ2) is 8.56. The van der Waals surface area contributed by atoms with E-state index in [0.717, 1.165) is 11.3 Å². The molecule has 1 heterocycles. The third-order valence-corrected chi connectivity index (χ3v) is 3.25. The smallest absolute Gasteiger partial charge is 0.319 e. The van der Waals surface area contributed by atoms with Crippen LogP contribution in [0.2, 0.25) is 0 Å². The number of methoxy groups -OCH3 is 1. The highest BCUT2D eigenvalue weighted by Gasteiger charge is 2.05. The first-order valence-electron chi connectivity index (χ1n) is 7.49. The van der Waals surface area contributed by atoms with Crippen molar-refractivity contribution >= 4 is 17.7 Å². The Kier molecular flexibility index (Phi) is 6.18. The van der Waals surface area contributed by atoms with Crippen LogP contribution in [0.5, 0.6) is 5.75 Å². The van der Waals surface area contributed by atoms with Gasteiger partial charge in [-0.25, -0.2) is 4.79 Å². The number of carboxylic acids is 1. The van der Waals surface area contributed by atoms with Gasteiger partial charge in [-0.1, -0.05) is 12.1 Å². The van der Waals surface area contributed by atoms with Crippen LogP contribution in [-0.4, -0.2) is 40.5 Å². The minimum atomic E-state index is -0.878. The fraction of sp³-hybridized carbons (Fsp3) is 0.312. The van der Waals surface area contributed by atoms with Gasteiger partial charge in [-0.05, 0) is 24.1 Å². The standard InChI is InChI=1S/C16H20N4O4/c1-24-14-6-4-12(5-7-14)10-20-11-13(9-18-20)19-16(23)17-8-2-3-15(21)22/h4-7,9,11H,2-3,8,10H2,1H3,(H,21,22)(H2,17,19,23). The number of benzene rings is 1. The topological polar surface area (TPSA) is 105 Å². The molecule has 24 heavy (non-hydrogen) atoms. The van der Waals surface area contributed by atoms with Crippen molar-refractivity contribution in [3.8, 4) is 5.75 Å². The first-order valence-corrected chi connectivity index (χ1v) is 7.49. The van der Waals surface area contributed by atoms with Crippen molar-refractivity contribution in [2.75, 3.05) is 19.0 Å². The van der Waals surface area contributed by atoms with Gasteiger partial charge < -0.3 is 20.5 Å². The van der Waals surface area contributed by atoms with Gasteiger partial charge in [0.05, 0.1) is 25.5 Å². The third-order valence-electron chi connectivity index (χ3n) is 3.25. The lowest BCUT2D eigenvalue weighted by molar-refractivity contribution is -0.137. The summed E-state index contributed by atoms with van der Waals surface area (Å²) in [6, 6.07) is 7.26. The lowest BCUT2D eigenvalue weighted by Crippen LogP contribution is -2.29. The molecule has 0 atom stereocenters. The molecule has 0 aliphatic rings. The van der Waals surface area contributed by atoms with E-state index in [1.807, 2.05) is 24.3 Å². The molecule has 1 aromatic heterocycles. The lowest BCUT2D eigenvalue weighted by Gasteiger charge is -2.05. The number of rotatable bonds is 8. The van der Waals surface area contributed by atoms with Crippen molar-refractivity contribution in [2.24, 2.45) is 0 Å². The molecule has 0 radical (unpaired) electrons. The molecular weight excluding hydrogens is 312 g/mol. The highest BCUT2D eigenvalue weighted by molar-refractivity contribution is 5.88. The Morgan fingerprint density at radius 3 is 2.71 bits per heavy atom. The van der Waals surface area contributed by atoms with E-state index in [1.54, 1.807) is 24.2 Å². The van der Waals surface area contributed by atoms with Crippen molar-refractivity contribution in [3.63, 3.8) is 0 Å². The summed E-state index contributed by atoms with van der Waals surface area (Å²) >= 11 is 0. The predicted molar refractivity (Wildman–Crippen MR) is 88.2 cm³/mol. The molecule has 0 fully saturated rings. The fourth-order valence-corrected chi connectivity index (χ4v) is 2.05. The lowest BCUT2D eigenvalue weighted by atomic mass is 10.2. The van der Waals surface area contributed by atoms with E-state index in [4.69, 9.17) is 9.84 Å². The molecule has 8 heteroatoms. The van der Waals surface area contributed by atoms with Crippen molar-refractivity contribution in [3.05, 3.63) is 42.2 Å². The number of nitrogens with zero attached hydrogens (tertiary/aromatic N) is 2. The van der Waals surface area contributed by atoms with Crippen LogP contribution in [-0.2, 0) is 11.3 Å². The van der Waals surface area contributed by atoms with Gasteiger partial charge >= 0.3 is 12.0 Å². The third kappa shape index (κ3) is 5.64. The van der Waals surface area contributed by atoms with Crippen LogP contribution in [0, 0.1) is 0 Å². The SMILES string of the molecule is COc1ccc(Cn2cc(NC(=O)NCCCC(=O)O)cn2)cc1. The zero-order chi connectivity index (χ0) is 17.4. The summed E-state index contributed by atoms with van der Waals surface area (Å²) in [4.78, 5) is 22.1. The summed E-state index contributed by atoms with van der Waals surface area (Å²) in [5.41, 5.74) is 1.63. The molecule has 128 valence electrons. The summed E-state index contributed by atoms with van der Waals surface area (Å²) in [5.74, 6) is -0.0850. The molecule has 0 bridgehead atoms. The van der Waals surface area contributed by atoms with Crippen molar-refractivity contribution in [2.45, 2.75) is 19.4 Å². The molecule has 0 saturated heterocycles. The molecule has 3 N–H and O–H groups in total. The molecule has 1 aromatic carbocycles. The number of aromatic nitrogens is 2. The number of urea groups is 1. The molecule has 0 unspecified atom stereocenters. The Balaban J connectivity index is 1.79. The zero-order valence-corrected chi connectivity index (χ0v) is 13.4. The molecule has 2 amide bonds. The number of amides is 2. The van der Waals surface area contributed by atoms with E-state index in [-0.39, 0.29) is 12.5 Å². The van der Waals surface area contributed by atoms with E-state index in [0.29, 0.717) is 25.2 Å². The van der Waals surface area contributed by atoms with Crippen LogP contribution in [0.3, 0.4) is 0 Å². The van der Waals surface area contributed by atoms with E-state index in [2.05, 4.69) is 15.7 Å². The highest BCUT2D eigenvalue weighted by atomic mass is 16.5. The number of carbonyl (C=O) groups is 2. The largest absolute Gasteiger partial charge is 0.497 e. The minimum absolute atomic E-state index is 0.0279. The van der Waals surface area contributed by atoms with Gasteiger partial charge in [0.2, 0.25) is 0 Å². The van der Waals surface area contributed by atoms with Crippen molar-refractivity contribution in [1.29, 1.82) is 0 Å². The second-order valence-electron chi connectivity index (χ2n) is 5.15. The summed E-state index contributed by atoms with van der Waals surface area (Å²) in [7, 11) is 1.62. The highest BCUT2D eigenvalue weighted by Crippen LogP contribution is 2.13. The van der Waals surface area contributed by atoms with E-state index < -0.39 is 5.97 Å². The Morgan fingerprint density at radius 1 is 1.29 bits per heavy atom. The molecular formula is C16H20N4O4. The van der Waals surface area contributed by atoms with Crippen LogP contribution in [0.25, 0.3) is 0 Å². The van der Waals surface area contributed by atoms with Gasteiger partial charge in [-0.3, -0.25) is 9.48 Å². The molecule has 0 spiro atoms. The van der Waals surface area contributed by atoms with Crippen molar-refractivity contribution < 1.29 is 19.4 Å². The van der Waals surface area contributed by atoms with Crippen LogP contribution in [0.1, 0.15) is 18.4 Å². The fourth-order valence-electron chi connectivity index (χ4n) is 2.05. The molecule has 8 nitrogen and oxygen atoms in total. The van der Waals surface area contributed by atoms with Crippen LogP contribution < -0.4 is 15.4 Å². The molecule has 0 saturated carbocycles. The summed E-state index contributed by atoms with van der Waals surface area (Å²) in [5, 5.41) is 18.0. The number of ether oxygens (including phenoxy) is 1. The van der Waals surface area contributed by atoms with E-state index in [9.17, 15) is 9.59 Å². The number of aliphatic carboxylic acids is 1. The average molecular weight is 332 g/mol. The van der Waals surface area contributed by atoms with Gasteiger partial charge in [0, 0.05) is 19.2 Å². The summed E-state index contributed by atoms with van der Waals surface area (Å²) in [6.45, 7) is 0.879. The minimum Gasteiger partial charge on any atom is -0.497 e. The first-order chi connectivity index (χ1) is 11.6. The van der Waals surface area contributed by atoms with Gasteiger partial charge in [-0.2, -0.15) is 5.10 Å². The normalized spacial score (nSPS) is 10.2. The number of carboxylic acid groups (broad SMARTS) is 1. The number of hydrogen-bond donors (Lipinski definition) is 3. The molecule has 0 aliphatic carbocycles. The average Bonchev–Trinajstić information content (AvgIpc) is 2.99. The second-order valence-corrected chi connectivity index (χ2v) is 5.15. The molecule has 2 rings (SSSR count). The number of hydrogen-bond acceptors (Lipinski definition) is 4. The molecule has 2 aromatic rings. The monoisotopic (exact) mass is 332 g/mol. The maximum atomic E-state index is 11.7. The van der Waals surface area contributed by atoms with Crippen LogP contribution in [0.4, 0.5) is 10.5 Å². The van der Waals surface area contributed by atoms with E-state index >= 15 is 0 Å². The maximum absolute atomic E-state index is 11.7. The van der Waals surface area contributed by atoms with Crippen molar-refractivity contribution in [1.82, 2.24) is 15.1 Å². The van der Waals surface area contributed by atoms with Crippen LogP contribution in [0.15, 0.2) is 36.7 Å². The number of nitrogens with one attached hydrogen (secondary N) is 2. The predicted octanol–water partition coefficient (Wildman–Crippen LogP) is 1.93. The molecule has 0 aliphatic heterocycles. The maximum Gasteiger partial charge on any atom is 0.319 e. The Hall–Kier alpha value is -3.03. The Morgan fingerprint density at radius 2 is 2.04 bits per heavy atom. The van der Waals surface area contributed by atoms with E-state index in [1.165, 1.54) is 0 Å². The number of anilines is 1. The number of carbonyl (C=O) groups excluding carboxylic acids is 1. The van der Waals surface area contributed by atoms with Gasteiger partial charge in [0.1, 0.15) is 5.75 Å². The summed E-state index contributed by atoms with van der Waals surface area (Å²) < 4.78 is 6.82. The Labute approximate surface area is 139 Å². The first kappa shape index (κ1) is 17.3. The Bertz CT molecular complexity index is 682. The zero-order valence-electron chi connectivity index (χ0n) is 13.4. The van der Waals surface area contributed by atoms with Gasteiger partial charge in [-0.15, -0.1) is 0 Å². The summed E-state index contributed by atoms with van der Waals surface area (Å²) in [6.07, 6.45) is 3.70.